The number of halogens is 1. The van der Waals surface area contributed by atoms with E-state index in [1.165, 1.54) is 0 Å². The Labute approximate surface area is 207 Å². The molecule has 1 N–H and O–H groups in total. The van der Waals surface area contributed by atoms with E-state index in [0.29, 0.717) is 18.7 Å². The van der Waals surface area contributed by atoms with Gasteiger partial charge in [-0.2, -0.15) is 0 Å². The van der Waals surface area contributed by atoms with Gasteiger partial charge in [0.05, 0.1) is 16.5 Å². The maximum atomic E-state index is 13.4. The summed E-state index contributed by atoms with van der Waals surface area (Å²) in [4.78, 5) is 20.2. The van der Waals surface area contributed by atoms with Crippen LogP contribution in [0.4, 0.5) is 0 Å². The highest BCUT2D eigenvalue weighted by Crippen LogP contribution is 2.44. The third kappa shape index (κ3) is 5.09. The van der Waals surface area contributed by atoms with Crippen LogP contribution in [0, 0.1) is 0 Å². The fraction of sp³-hybridized carbons (Fsp3) is 0.520. The summed E-state index contributed by atoms with van der Waals surface area (Å²) >= 11 is 3.56. The number of likely N-dealkylation sites (tertiary alicyclic amines) is 1. The number of amides is 1. The fourth-order valence-corrected chi connectivity index (χ4v) is 6.49. The van der Waals surface area contributed by atoms with Crippen LogP contribution in [0.3, 0.4) is 0 Å². The molecule has 33 heavy (non-hydrogen) atoms. The Bertz CT molecular complexity index is 1060. The minimum absolute atomic E-state index is 0.0195. The summed E-state index contributed by atoms with van der Waals surface area (Å²) in [7, 11) is -1.27. The highest BCUT2D eigenvalue weighted by molar-refractivity contribution is 9.10. The van der Waals surface area contributed by atoms with Crippen molar-refractivity contribution in [2.24, 2.45) is 0 Å². The molecule has 4 rings (SSSR count). The molecule has 0 saturated carbocycles. The second kappa shape index (κ2) is 9.94. The number of aliphatic hydroxyl groups excluding tert-OH is 1. The molecule has 2 atom stereocenters. The molecule has 1 fully saturated rings. The second-order valence-electron chi connectivity index (χ2n) is 9.76. The van der Waals surface area contributed by atoms with Gasteiger partial charge in [-0.1, -0.05) is 28.1 Å². The first kappa shape index (κ1) is 24.5. The number of piperidine rings is 1. The molecule has 2 aliphatic heterocycles. The summed E-state index contributed by atoms with van der Waals surface area (Å²) in [5, 5.41) is 9.86. The molecular weight excluding hydrogens is 502 g/mol. The third-order valence-corrected chi connectivity index (χ3v) is 8.60. The van der Waals surface area contributed by atoms with Gasteiger partial charge < -0.3 is 10.0 Å². The molecule has 3 heterocycles. The molecule has 0 aliphatic carbocycles. The normalized spacial score (nSPS) is 20.0. The Morgan fingerprint density at radius 2 is 1.94 bits per heavy atom. The van der Waals surface area contributed by atoms with Gasteiger partial charge in [0.15, 0.2) is 0 Å². The summed E-state index contributed by atoms with van der Waals surface area (Å²) in [5.74, 6) is -0.0390. The van der Waals surface area contributed by atoms with E-state index in [9.17, 15) is 14.1 Å². The van der Waals surface area contributed by atoms with E-state index in [2.05, 4.69) is 15.9 Å². The molecule has 1 saturated heterocycles. The number of rotatable bonds is 5. The second-order valence-corrected chi connectivity index (χ2v) is 12.9. The first-order valence-electron chi connectivity index (χ1n) is 11.6. The van der Waals surface area contributed by atoms with Crippen molar-refractivity contribution < 1.29 is 14.1 Å². The smallest absolute Gasteiger partial charge is 0.272 e. The molecule has 0 spiro atoms. The van der Waals surface area contributed by atoms with E-state index in [-0.39, 0.29) is 18.6 Å². The topological polar surface area (TPSA) is 73.7 Å². The lowest BCUT2D eigenvalue weighted by atomic mass is 9.96. The zero-order valence-corrected chi connectivity index (χ0v) is 21.9. The first-order valence-corrected chi connectivity index (χ1v) is 13.5. The molecule has 1 aromatic carbocycles. The maximum Gasteiger partial charge on any atom is 0.272 e. The summed E-state index contributed by atoms with van der Waals surface area (Å²) in [6.07, 6.45) is 3.65. The van der Waals surface area contributed by atoms with Crippen molar-refractivity contribution in [3.63, 3.8) is 0 Å². The average molecular weight is 535 g/mol. The Morgan fingerprint density at radius 3 is 2.58 bits per heavy atom. The highest BCUT2D eigenvalue weighted by Gasteiger charge is 2.40. The van der Waals surface area contributed by atoms with Crippen LogP contribution >= 0.6 is 15.9 Å². The molecule has 2 aromatic rings. The zero-order valence-electron chi connectivity index (χ0n) is 19.5. The predicted molar refractivity (Wildman–Crippen MR) is 135 cm³/mol. The lowest BCUT2D eigenvalue weighted by molar-refractivity contribution is 0.0718. The molecule has 6 nitrogen and oxygen atoms in total. The Balaban J connectivity index is 1.85. The summed E-state index contributed by atoms with van der Waals surface area (Å²) in [6.45, 7) is 7.85. The number of hydrogen-bond acceptors (Lipinski definition) is 4. The van der Waals surface area contributed by atoms with Crippen molar-refractivity contribution in [2.75, 3.05) is 19.7 Å². The number of carbonyl (C=O) groups excluding carboxylic acids is 1. The van der Waals surface area contributed by atoms with Crippen LogP contribution in [0.1, 0.15) is 74.1 Å². The first-order chi connectivity index (χ1) is 15.7. The van der Waals surface area contributed by atoms with E-state index >= 15 is 0 Å². The van der Waals surface area contributed by atoms with E-state index < -0.39 is 15.7 Å². The van der Waals surface area contributed by atoms with Crippen molar-refractivity contribution in [2.45, 2.75) is 63.8 Å². The van der Waals surface area contributed by atoms with Gasteiger partial charge in [-0.15, -0.1) is 0 Å². The van der Waals surface area contributed by atoms with Crippen LogP contribution in [0.15, 0.2) is 34.8 Å². The van der Waals surface area contributed by atoms with Crippen molar-refractivity contribution in [3.8, 4) is 11.3 Å². The van der Waals surface area contributed by atoms with Gasteiger partial charge in [-0.3, -0.25) is 4.79 Å². The average Bonchev–Trinajstić information content (AvgIpc) is 3.15. The van der Waals surface area contributed by atoms with Crippen molar-refractivity contribution in [1.82, 2.24) is 14.2 Å². The largest absolute Gasteiger partial charge is 0.396 e. The van der Waals surface area contributed by atoms with Gasteiger partial charge in [0.2, 0.25) is 0 Å². The minimum Gasteiger partial charge on any atom is -0.396 e. The molecule has 2 aliphatic rings. The monoisotopic (exact) mass is 533 g/mol. The molecule has 1 amide bonds. The summed E-state index contributed by atoms with van der Waals surface area (Å²) in [5.41, 5.74) is 4.02. The summed E-state index contributed by atoms with van der Waals surface area (Å²) in [6, 6.07) is 9.55. The van der Waals surface area contributed by atoms with Crippen molar-refractivity contribution >= 4 is 32.8 Å². The Kier molecular flexibility index (Phi) is 7.38. The summed E-state index contributed by atoms with van der Waals surface area (Å²) < 4.78 is 15.9. The SMILES string of the molecule is CC(C)(C)[S@@](=O)N1Cc2cc(C(=O)N3CCCCC3)nc(-c3cccc(Br)c3)c2[C@H]1CCO. The predicted octanol–water partition coefficient (Wildman–Crippen LogP) is 4.84. The molecule has 8 heteroatoms. The van der Waals surface area contributed by atoms with Gasteiger partial charge >= 0.3 is 0 Å². The number of carbonyl (C=O) groups is 1. The Morgan fingerprint density at radius 1 is 1.21 bits per heavy atom. The van der Waals surface area contributed by atoms with Crippen molar-refractivity contribution in [1.29, 1.82) is 0 Å². The van der Waals surface area contributed by atoms with Crippen molar-refractivity contribution in [3.05, 3.63) is 51.6 Å². The van der Waals surface area contributed by atoms with E-state index in [1.807, 2.05) is 60.3 Å². The quantitative estimate of drug-likeness (QED) is 0.596. The highest BCUT2D eigenvalue weighted by atomic mass is 79.9. The van der Waals surface area contributed by atoms with E-state index in [4.69, 9.17) is 4.98 Å². The lowest BCUT2D eigenvalue weighted by Crippen LogP contribution is -2.36. The van der Waals surface area contributed by atoms with E-state index in [1.54, 1.807) is 0 Å². The number of hydrogen-bond donors (Lipinski definition) is 1. The number of pyridine rings is 1. The number of fused-ring (bicyclic) bond motifs is 1. The molecule has 0 bridgehead atoms. The lowest BCUT2D eigenvalue weighted by Gasteiger charge is -2.30. The molecule has 1 aromatic heterocycles. The van der Waals surface area contributed by atoms with Crippen LogP contribution in [0.5, 0.6) is 0 Å². The van der Waals surface area contributed by atoms with Gasteiger partial charge in [-0.05, 0) is 70.2 Å². The maximum absolute atomic E-state index is 13.4. The van der Waals surface area contributed by atoms with Gasteiger partial charge in [-0.25, -0.2) is 13.5 Å². The number of benzene rings is 1. The molecule has 0 radical (unpaired) electrons. The van der Waals surface area contributed by atoms with Gasteiger partial charge in [0.1, 0.15) is 16.7 Å². The van der Waals surface area contributed by atoms with E-state index in [0.717, 1.165) is 59.2 Å². The van der Waals surface area contributed by atoms with Gasteiger partial charge in [0.25, 0.3) is 5.91 Å². The molecular formula is C25H32BrN3O3S. The van der Waals surface area contributed by atoms with Crippen LogP contribution in [0.25, 0.3) is 11.3 Å². The standard InChI is InChI=1S/C25H32BrN3O3S/c1-25(2,3)33(32)29-16-18-15-20(24(31)28-11-5-4-6-12-28)27-23(22(18)21(29)10-13-30)17-8-7-9-19(26)14-17/h7-9,14-15,21,30H,4-6,10-13,16H2,1-3H3/t21-,33-/m1/s1. The molecule has 0 unspecified atom stereocenters. The van der Waals surface area contributed by atoms with Crippen LogP contribution in [0.2, 0.25) is 0 Å². The Hall–Kier alpha value is -1.61. The number of aliphatic hydroxyl groups is 1. The number of aromatic nitrogens is 1. The minimum atomic E-state index is -1.27. The van der Waals surface area contributed by atoms with Crippen LogP contribution in [-0.4, -0.2) is 53.9 Å². The van der Waals surface area contributed by atoms with Gasteiger partial charge in [0, 0.05) is 41.8 Å². The van der Waals surface area contributed by atoms with Crippen LogP contribution < -0.4 is 0 Å². The number of nitrogens with zero attached hydrogens (tertiary/aromatic N) is 3. The fourth-order valence-electron chi connectivity index (χ4n) is 4.69. The third-order valence-electron chi connectivity index (χ3n) is 6.25. The zero-order chi connectivity index (χ0) is 23.8. The molecule has 178 valence electrons. The van der Waals surface area contributed by atoms with Crippen LogP contribution in [-0.2, 0) is 17.5 Å².